The summed E-state index contributed by atoms with van der Waals surface area (Å²) in [5, 5.41) is 0. The minimum Gasteiger partial charge on any atom is -0.305 e. The van der Waals surface area contributed by atoms with Gasteiger partial charge in [-0.2, -0.15) is 0 Å². The topological polar surface area (TPSA) is 77.3 Å². The van der Waals surface area contributed by atoms with Crippen LogP contribution in [0.1, 0.15) is 84.6 Å². The first-order valence-corrected chi connectivity index (χ1v) is 34.7. The van der Waals surface area contributed by atoms with E-state index in [1.165, 1.54) is 55.6 Å². The van der Waals surface area contributed by atoms with Gasteiger partial charge in [0.05, 0.1) is 0 Å². The molecular weight excluding hydrogens is 1830 g/mol. The maximum atomic E-state index is 4.49. The molecule has 0 N–H and O–H groups in total. The molecule has 0 aliphatic rings. The molecule has 0 atom stereocenters. The molecule has 3 radical (unpaired) electrons. The third-order valence-electron chi connectivity index (χ3n) is 16.7. The van der Waals surface area contributed by atoms with E-state index in [1.807, 2.05) is 201 Å². The molecule has 0 aliphatic carbocycles. The number of hydrogen-bond donors (Lipinski definition) is 0. The van der Waals surface area contributed by atoms with Gasteiger partial charge in [0.25, 0.3) is 0 Å². The predicted molar refractivity (Wildman–Crippen MR) is 428 cm³/mol. The molecular formula is C97H86Ir3N6-6. The van der Waals surface area contributed by atoms with Crippen LogP contribution in [-0.2, 0) is 76.6 Å². The second-order valence-electron chi connectivity index (χ2n) is 27.6. The summed E-state index contributed by atoms with van der Waals surface area (Å²) in [4.78, 5) is 26.0. The number of pyridine rings is 6. The predicted octanol–water partition coefficient (Wildman–Crippen LogP) is 24.5. The van der Waals surface area contributed by atoms with Crippen LogP contribution in [0.3, 0.4) is 0 Å². The van der Waals surface area contributed by atoms with Gasteiger partial charge in [-0.05, 0) is 110 Å². The zero-order valence-electron chi connectivity index (χ0n) is 61.5. The second-order valence-corrected chi connectivity index (χ2v) is 27.6. The summed E-state index contributed by atoms with van der Waals surface area (Å²) in [5.74, 6) is 0. The van der Waals surface area contributed by atoms with Crippen LogP contribution in [-0.4, -0.2) is 29.9 Å². The SMILES string of the molecule is CC(C)(C)c1ccc(-c2c[c-]c(-c3ccccn3)cc2)cc1.CC(C)(C)c1ccnc(-c2[c-]cc(-c3ccccc3)cc2)c1.Cc1ccc(-c2[c-]cc(-c3ccc(C(C)(C)C)cc3)cc2)nc1.[Ir].[Ir].[Ir].[c-]1ccccc1-c1ccccn1.[c-]1ccccc1-c1ccccn1.[c-]1ccccc1-c1ccccn1. The number of aryl methyl sites for hydroxylation is 1. The largest absolute Gasteiger partial charge is 0.305 e. The van der Waals surface area contributed by atoms with Gasteiger partial charge in [0.2, 0.25) is 0 Å². The van der Waals surface area contributed by atoms with Gasteiger partial charge in [-0.15, -0.1) is 197 Å². The molecule has 6 aromatic heterocycles. The van der Waals surface area contributed by atoms with Crippen LogP contribution >= 0.6 is 0 Å². The van der Waals surface area contributed by atoms with Crippen molar-refractivity contribution in [1.82, 2.24) is 29.9 Å². The Kier molecular flexibility index (Phi) is 32.5. The summed E-state index contributed by atoms with van der Waals surface area (Å²) in [5.41, 5.74) is 24.9. The van der Waals surface area contributed by atoms with Gasteiger partial charge in [-0.1, -0.05) is 241 Å². The average Bonchev–Trinajstić information content (AvgIpc) is 0.834. The van der Waals surface area contributed by atoms with Crippen molar-refractivity contribution in [3.8, 4) is 101 Å². The fourth-order valence-corrected chi connectivity index (χ4v) is 10.7. The molecule has 6 heterocycles. The molecule has 15 aromatic rings. The van der Waals surface area contributed by atoms with Crippen molar-refractivity contribution >= 4 is 0 Å². The maximum absolute atomic E-state index is 4.49. The third kappa shape index (κ3) is 25.6. The van der Waals surface area contributed by atoms with Gasteiger partial charge in [-0.25, -0.2) is 0 Å². The first-order valence-electron chi connectivity index (χ1n) is 34.7. The minimum atomic E-state index is 0. The van der Waals surface area contributed by atoms with E-state index in [0.717, 1.165) is 67.5 Å². The van der Waals surface area contributed by atoms with Crippen LogP contribution in [0.15, 0.2) is 340 Å². The van der Waals surface area contributed by atoms with Gasteiger partial charge < -0.3 is 29.9 Å². The van der Waals surface area contributed by atoms with Gasteiger partial charge in [0, 0.05) is 97.5 Å². The van der Waals surface area contributed by atoms with Crippen LogP contribution in [0, 0.1) is 43.3 Å². The molecule has 15 rings (SSSR count). The zero-order valence-corrected chi connectivity index (χ0v) is 68.7. The van der Waals surface area contributed by atoms with E-state index >= 15 is 0 Å². The third-order valence-corrected chi connectivity index (χ3v) is 16.7. The van der Waals surface area contributed by atoms with Crippen LogP contribution < -0.4 is 0 Å². The fraction of sp³-hybridized carbons (Fsp3) is 0.134. The van der Waals surface area contributed by atoms with Crippen molar-refractivity contribution in [2.24, 2.45) is 0 Å². The molecule has 0 fully saturated rings. The van der Waals surface area contributed by atoms with Crippen LogP contribution in [0.2, 0.25) is 0 Å². The number of aromatic nitrogens is 6. The summed E-state index contributed by atoms with van der Waals surface area (Å²) in [6.07, 6.45) is 10.9. The molecule has 0 amide bonds. The minimum absolute atomic E-state index is 0. The molecule has 9 aromatic carbocycles. The molecule has 0 saturated carbocycles. The van der Waals surface area contributed by atoms with E-state index in [-0.39, 0.29) is 76.6 Å². The zero-order chi connectivity index (χ0) is 72.3. The molecule has 9 heteroatoms. The molecule has 0 unspecified atom stereocenters. The van der Waals surface area contributed by atoms with E-state index in [0.29, 0.717) is 0 Å². The van der Waals surface area contributed by atoms with Crippen molar-refractivity contribution in [2.45, 2.75) is 85.5 Å². The normalized spacial score (nSPS) is 10.5. The summed E-state index contributed by atoms with van der Waals surface area (Å²) in [6, 6.07) is 122. The van der Waals surface area contributed by atoms with Gasteiger partial charge >= 0.3 is 0 Å². The Bertz CT molecular complexity index is 4620. The summed E-state index contributed by atoms with van der Waals surface area (Å²) < 4.78 is 0. The molecule has 6 nitrogen and oxygen atoms in total. The Hall–Kier alpha value is -10.2. The average molecular weight is 1910 g/mol. The first kappa shape index (κ1) is 83.1. The molecule has 0 bridgehead atoms. The van der Waals surface area contributed by atoms with Crippen LogP contribution in [0.25, 0.3) is 101 Å². The van der Waals surface area contributed by atoms with E-state index < -0.39 is 0 Å². The van der Waals surface area contributed by atoms with Gasteiger partial charge in [0.15, 0.2) is 0 Å². The summed E-state index contributed by atoms with van der Waals surface area (Å²) in [6.45, 7) is 22.1. The van der Waals surface area contributed by atoms with Crippen molar-refractivity contribution in [2.75, 3.05) is 0 Å². The quantitative estimate of drug-likeness (QED) is 0.134. The molecule has 0 aliphatic heterocycles. The van der Waals surface area contributed by atoms with E-state index in [9.17, 15) is 0 Å². The van der Waals surface area contributed by atoms with Gasteiger partial charge in [-0.3, -0.25) is 0 Å². The Balaban J connectivity index is 0.000000180. The standard InChI is InChI=1S/C22H22N.2C21H20N.3C11H8N.3Ir/c1-16-5-14-21(23-15-16)19-8-6-17(7-9-19)18-10-12-20(13-11-18)22(2,3)4;1-21(2,3)19-13-11-17(12-14-19)16-7-9-18(10-8-16)20-6-4-5-15-22-20;1-21(2,3)19-13-14-22-20(15-19)18-11-9-17(10-12-18)16-7-5-4-6-8-16;3*1-2-6-10(7-3-1)11-8-4-5-9-12-11;;;/h5-8,10-15H,1-4H3;4-9,11-15H,1-3H3;4-11,13-15H,1-3H3;3*1-6,8-9H;;;/q6*-1;;;. The monoisotopic (exact) mass is 1910 g/mol. The Morgan fingerprint density at radius 1 is 0.226 bits per heavy atom. The van der Waals surface area contributed by atoms with E-state index in [4.69, 9.17) is 0 Å². The summed E-state index contributed by atoms with van der Waals surface area (Å²) >= 11 is 0. The van der Waals surface area contributed by atoms with Crippen molar-refractivity contribution in [3.63, 3.8) is 0 Å². The Morgan fingerprint density at radius 3 is 0.821 bits per heavy atom. The van der Waals surface area contributed by atoms with Crippen LogP contribution in [0.4, 0.5) is 0 Å². The number of rotatable bonds is 9. The Morgan fingerprint density at radius 2 is 0.528 bits per heavy atom. The van der Waals surface area contributed by atoms with E-state index in [2.05, 4.69) is 256 Å². The Labute approximate surface area is 670 Å². The number of nitrogens with zero attached hydrogens (tertiary/aromatic N) is 6. The van der Waals surface area contributed by atoms with Crippen LogP contribution in [0.5, 0.6) is 0 Å². The first-order chi connectivity index (χ1) is 49.9. The smallest absolute Gasteiger partial charge is 0.0190 e. The van der Waals surface area contributed by atoms with Crippen molar-refractivity contribution in [1.29, 1.82) is 0 Å². The number of hydrogen-bond acceptors (Lipinski definition) is 6. The molecule has 537 valence electrons. The van der Waals surface area contributed by atoms with E-state index in [1.54, 1.807) is 18.6 Å². The van der Waals surface area contributed by atoms with Crippen molar-refractivity contribution < 1.29 is 60.3 Å². The molecule has 0 saturated heterocycles. The fourth-order valence-electron chi connectivity index (χ4n) is 10.7. The van der Waals surface area contributed by atoms with Crippen molar-refractivity contribution in [3.05, 3.63) is 399 Å². The summed E-state index contributed by atoms with van der Waals surface area (Å²) in [7, 11) is 0. The second kappa shape index (κ2) is 41.5. The maximum Gasteiger partial charge on any atom is 0.0190 e. The molecule has 0 spiro atoms. The molecule has 106 heavy (non-hydrogen) atoms. The van der Waals surface area contributed by atoms with Gasteiger partial charge in [0.1, 0.15) is 0 Å². The number of benzene rings is 9.